The summed E-state index contributed by atoms with van der Waals surface area (Å²) in [6.45, 7) is -0.00807. The summed E-state index contributed by atoms with van der Waals surface area (Å²) >= 11 is 0. The molecule has 0 radical (unpaired) electrons. The minimum Gasteiger partial charge on any atom is -0.351 e. The van der Waals surface area contributed by atoms with E-state index in [-0.39, 0.29) is 5.69 Å². The Hall–Kier alpha value is -1.46. The van der Waals surface area contributed by atoms with E-state index in [4.69, 9.17) is 0 Å². The molecule has 0 aliphatic heterocycles. The van der Waals surface area contributed by atoms with Crippen LogP contribution in [0.4, 0.5) is 8.78 Å². The zero-order valence-corrected chi connectivity index (χ0v) is 18.3. The van der Waals surface area contributed by atoms with Crippen LogP contribution in [0.3, 0.4) is 0 Å². The zero-order valence-electron chi connectivity index (χ0n) is 18.3. The minimum atomic E-state index is -2.79. The normalized spacial score (nSPS) is 11.3. The molecule has 0 aliphatic carbocycles. The Kier molecular flexibility index (Phi) is 15.3. The van der Waals surface area contributed by atoms with Gasteiger partial charge in [-0.05, 0) is 12.5 Å². The van der Waals surface area contributed by atoms with E-state index in [0.29, 0.717) is 11.2 Å². The van der Waals surface area contributed by atoms with Gasteiger partial charge in [0.2, 0.25) is 0 Å². The van der Waals surface area contributed by atoms with Crippen LogP contribution >= 0.6 is 0 Å². The molecular weight excluding hydrogens is 372 g/mol. The molecule has 0 aliphatic rings. The maximum Gasteiger partial charge on any atom is 0.333 e. The highest BCUT2D eigenvalue weighted by Crippen LogP contribution is 2.14. The smallest absolute Gasteiger partial charge is 0.333 e. The van der Waals surface area contributed by atoms with Crippen molar-refractivity contribution >= 4 is 5.91 Å². The Labute approximate surface area is 175 Å². The standard InChI is InChI=1S/C23H41F2N3O/c1-2-3-4-5-6-7-8-9-10-11-12-13-14-15-16-17-19-26-22(29)21-18-20-27-28(21)23(24)25/h18,20,23H,2-17,19H2,1H3,(H,26,29). The van der Waals surface area contributed by atoms with Gasteiger partial charge in [-0.25, -0.2) is 0 Å². The van der Waals surface area contributed by atoms with Crippen LogP contribution in [-0.2, 0) is 0 Å². The van der Waals surface area contributed by atoms with Gasteiger partial charge in [-0.3, -0.25) is 4.79 Å². The summed E-state index contributed by atoms with van der Waals surface area (Å²) in [6, 6.07) is 1.31. The fourth-order valence-corrected chi connectivity index (χ4v) is 3.62. The fourth-order valence-electron chi connectivity index (χ4n) is 3.62. The van der Waals surface area contributed by atoms with Crippen molar-refractivity contribution in [3.63, 3.8) is 0 Å². The molecule has 1 N–H and O–H groups in total. The molecule has 0 bridgehead atoms. The lowest BCUT2D eigenvalue weighted by atomic mass is 10.0. The molecule has 0 atom stereocenters. The first-order valence-corrected chi connectivity index (χ1v) is 11.8. The number of nitrogens with zero attached hydrogens (tertiary/aromatic N) is 2. The number of nitrogens with one attached hydrogen (secondary N) is 1. The molecule has 0 saturated heterocycles. The van der Waals surface area contributed by atoms with E-state index in [0.717, 1.165) is 12.8 Å². The Balaban J connectivity index is 1.83. The number of aromatic nitrogens is 2. The van der Waals surface area contributed by atoms with Crippen molar-refractivity contribution in [1.29, 1.82) is 0 Å². The Morgan fingerprint density at radius 2 is 1.31 bits per heavy atom. The second-order valence-electron chi connectivity index (χ2n) is 8.00. The van der Waals surface area contributed by atoms with E-state index in [1.165, 1.54) is 102 Å². The molecule has 6 heteroatoms. The SMILES string of the molecule is CCCCCCCCCCCCCCCCCCNC(=O)c1ccnn1C(F)F. The first-order valence-electron chi connectivity index (χ1n) is 11.8. The van der Waals surface area contributed by atoms with Gasteiger partial charge in [0.05, 0.1) is 0 Å². The summed E-state index contributed by atoms with van der Waals surface area (Å²) in [5.41, 5.74) is -0.0866. The molecule has 1 heterocycles. The molecule has 0 spiro atoms. The van der Waals surface area contributed by atoms with Crippen LogP contribution in [0.25, 0.3) is 0 Å². The van der Waals surface area contributed by atoms with Crippen molar-refractivity contribution in [3.8, 4) is 0 Å². The van der Waals surface area contributed by atoms with E-state index >= 15 is 0 Å². The number of alkyl halides is 2. The summed E-state index contributed by atoms with van der Waals surface area (Å²) in [4.78, 5) is 11.9. The largest absolute Gasteiger partial charge is 0.351 e. The quantitative estimate of drug-likeness (QED) is 0.242. The van der Waals surface area contributed by atoms with Gasteiger partial charge in [0.25, 0.3) is 5.91 Å². The zero-order chi connectivity index (χ0) is 21.2. The second kappa shape index (κ2) is 17.4. The van der Waals surface area contributed by atoms with Crippen LogP contribution in [0.15, 0.2) is 12.3 Å². The van der Waals surface area contributed by atoms with Gasteiger partial charge in [-0.2, -0.15) is 18.6 Å². The predicted molar refractivity (Wildman–Crippen MR) is 115 cm³/mol. The molecule has 0 aromatic carbocycles. The molecular formula is C23H41F2N3O. The van der Waals surface area contributed by atoms with Gasteiger partial charge in [0.1, 0.15) is 5.69 Å². The molecule has 29 heavy (non-hydrogen) atoms. The van der Waals surface area contributed by atoms with Crippen LogP contribution in [0.2, 0.25) is 0 Å². The van der Waals surface area contributed by atoms with Gasteiger partial charge in [-0.15, -0.1) is 0 Å². The maximum atomic E-state index is 12.7. The van der Waals surface area contributed by atoms with Crippen molar-refractivity contribution in [3.05, 3.63) is 18.0 Å². The van der Waals surface area contributed by atoms with Gasteiger partial charge in [0.15, 0.2) is 0 Å². The number of halogens is 2. The van der Waals surface area contributed by atoms with Crippen LogP contribution in [0.5, 0.6) is 0 Å². The molecule has 0 unspecified atom stereocenters. The average molecular weight is 414 g/mol. The topological polar surface area (TPSA) is 46.9 Å². The van der Waals surface area contributed by atoms with Gasteiger partial charge in [-0.1, -0.05) is 103 Å². The Morgan fingerprint density at radius 3 is 1.76 bits per heavy atom. The first kappa shape index (κ1) is 25.6. The Bertz CT molecular complexity index is 520. The molecule has 0 fully saturated rings. The van der Waals surface area contributed by atoms with Crippen LogP contribution < -0.4 is 5.32 Å². The lowest BCUT2D eigenvalue weighted by molar-refractivity contribution is 0.0509. The van der Waals surface area contributed by atoms with Crippen LogP contribution in [0.1, 0.15) is 127 Å². The van der Waals surface area contributed by atoms with Crippen molar-refractivity contribution in [2.45, 2.75) is 116 Å². The van der Waals surface area contributed by atoms with E-state index in [1.807, 2.05) is 0 Å². The highest BCUT2D eigenvalue weighted by atomic mass is 19.3. The summed E-state index contributed by atoms with van der Waals surface area (Å²) in [7, 11) is 0. The van der Waals surface area contributed by atoms with Crippen molar-refractivity contribution in [2.75, 3.05) is 6.54 Å². The molecule has 1 rings (SSSR count). The third-order valence-corrected chi connectivity index (χ3v) is 5.40. The van der Waals surface area contributed by atoms with Gasteiger partial charge in [0, 0.05) is 12.7 Å². The number of unbranched alkanes of at least 4 members (excludes halogenated alkanes) is 15. The molecule has 1 amide bonds. The summed E-state index contributed by atoms with van der Waals surface area (Å²) in [5, 5.41) is 6.17. The predicted octanol–water partition coefficient (Wildman–Crippen LogP) is 7.27. The average Bonchev–Trinajstić information content (AvgIpc) is 3.20. The number of carbonyl (C=O) groups is 1. The van der Waals surface area contributed by atoms with Gasteiger partial charge < -0.3 is 5.32 Å². The van der Waals surface area contributed by atoms with Crippen molar-refractivity contribution in [2.24, 2.45) is 0 Å². The molecule has 1 aromatic rings. The lowest BCUT2D eigenvalue weighted by Crippen LogP contribution is -2.27. The third kappa shape index (κ3) is 12.7. The van der Waals surface area contributed by atoms with Gasteiger partial charge >= 0.3 is 6.55 Å². The number of rotatable bonds is 19. The van der Waals surface area contributed by atoms with Crippen molar-refractivity contribution in [1.82, 2.24) is 15.1 Å². The molecule has 1 aromatic heterocycles. The highest BCUT2D eigenvalue weighted by molar-refractivity contribution is 5.92. The number of amides is 1. The molecule has 168 valence electrons. The number of hydrogen-bond donors (Lipinski definition) is 1. The van der Waals surface area contributed by atoms with Crippen LogP contribution in [-0.4, -0.2) is 22.2 Å². The first-order chi connectivity index (χ1) is 14.2. The number of hydrogen-bond acceptors (Lipinski definition) is 2. The molecule has 0 saturated carbocycles. The lowest BCUT2D eigenvalue weighted by Gasteiger charge is -2.07. The van der Waals surface area contributed by atoms with Crippen molar-refractivity contribution < 1.29 is 13.6 Å². The van der Waals surface area contributed by atoms with Crippen LogP contribution in [0, 0.1) is 0 Å². The second-order valence-corrected chi connectivity index (χ2v) is 8.00. The van der Waals surface area contributed by atoms with E-state index in [2.05, 4.69) is 17.3 Å². The van der Waals surface area contributed by atoms with E-state index in [1.54, 1.807) is 0 Å². The molecule has 4 nitrogen and oxygen atoms in total. The summed E-state index contributed by atoms with van der Waals surface area (Å²) < 4.78 is 25.8. The third-order valence-electron chi connectivity index (χ3n) is 5.40. The monoisotopic (exact) mass is 413 g/mol. The maximum absolute atomic E-state index is 12.7. The fraction of sp³-hybridized carbons (Fsp3) is 0.826. The summed E-state index contributed by atoms with van der Waals surface area (Å²) in [6.07, 6.45) is 22.1. The Morgan fingerprint density at radius 1 is 0.862 bits per heavy atom. The van der Waals surface area contributed by atoms with E-state index in [9.17, 15) is 13.6 Å². The minimum absolute atomic E-state index is 0.0866. The highest BCUT2D eigenvalue weighted by Gasteiger charge is 2.17. The number of carbonyl (C=O) groups excluding carboxylic acids is 1. The van der Waals surface area contributed by atoms with E-state index < -0.39 is 12.5 Å². The summed E-state index contributed by atoms with van der Waals surface area (Å²) in [5.74, 6) is -0.483.